The molecule has 1 fully saturated rings. The van der Waals surface area contributed by atoms with Gasteiger partial charge in [-0.15, -0.1) is 0 Å². The van der Waals surface area contributed by atoms with Gasteiger partial charge < -0.3 is 14.1 Å². The second-order valence-corrected chi connectivity index (χ2v) is 6.80. The minimum Gasteiger partial charge on any atom is -0.366 e. The van der Waals surface area contributed by atoms with Crippen LogP contribution in [0.2, 0.25) is 11.6 Å². The van der Waals surface area contributed by atoms with Crippen LogP contribution < -0.4 is 0 Å². The SMILES string of the molecule is C=O.C=O.[B]C1CC(I)C(CCOP)C1.[B]C1CC=CC1. The number of rotatable bonds is 3. The van der Waals surface area contributed by atoms with E-state index in [4.69, 9.17) is 29.8 Å². The molecule has 1 saturated carbocycles. The molecule has 116 valence electrons. The third-order valence-electron chi connectivity index (χ3n) is 3.30. The molecule has 2 aliphatic rings. The van der Waals surface area contributed by atoms with Gasteiger partial charge in [0.25, 0.3) is 0 Å². The van der Waals surface area contributed by atoms with Crippen molar-refractivity contribution in [1.82, 2.24) is 0 Å². The summed E-state index contributed by atoms with van der Waals surface area (Å²) in [6.45, 7) is 4.85. The summed E-state index contributed by atoms with van der Waals surface area (Å²) in [6.07, 6.45) is 9.95. The fourth-order valence-electron chi connectivity index (χ4n) is 2.27. The molecule has 4 radical (unpaired) electrons. The van der Waals surface area contributed by atoms with Gasteiger partial charge in [0, 0.05) is 13.4 Å². The van der Waals surface area contributed by atoms with Crippen molar-refractivity contribution in [3.63, 3.8) is 0 Å². The Morgan fingerprint density at radius 3 is 1.90 bits per heavy atom. The van der Waals surface area contributed by atoms with Crippen LogP contribution in [0.1, 0.15) is 32.1 Å². The van der Waals surface area contributed by atoms with Crippen molar-refractivity contribution in [2.24, 2.45) is 5.92 Å². The Kier molecular flexibility index (Phi) is 18.8. The summed E-state index contributed by atoms with van der Waals surface area (Å²) in [7, 11) is 13.6. The highest BCUT2D eigenvalue weighted by Gasteiger charge is 2.28. The van der Waals surface area contributed by atoms with Crippen molar-refractivity contribution in [2.45, 2.75) is 47.7 Å². The zero-order chi connectivity index (χ0) is 16.7. The van der Waals surface area contributed by atoms with Gasteiger partial charge in [0.05, 0.1) is 22.3 Å². The largest absolute Gasteiger partial charge is 0.366 e. The van der Waals surface area contributed by atoms with Gasteiger partial charge in [-0.2, -0.15) is 0 Å². The van der Waals surface area contributed by atoms with Gasteiger partial charge >= 0.3 is 0 Å². The number of carbonyl (C=O) groups excluding carboxylic acids is 2. The third kappa shape index (κ3) is 12.5. The molecule has 0 heterocycles. The Labute approximate surface area is 147 Å². The van der Waals surface area contributed by atoms with E-state index >= 15 is 0 Å². The van der Waals surface area contributed by atoms with E-state index in [9.17, 15) is 0 Å². The van der Waals surface area contributed by atoms with E-state index < -0.39 is 0 Å². The number of hydrogen-bond donors (Lipinski definition) is 0. The average Bonchev–Trinajstić information content (AvgIpc) is 3.10. The fraction of sp³-hybridized carbons (Fsp3) is 0.714. The minimum absolute atomic E-state index is 0.435. The second-order valence-electron chi connectivity index (χ2n) is 4.87. The van der Waals surface area contributed by atoms with E-state index in [-0.39, 0.29) is 0 Å². The van der Waals surface area contributed by atoms with Gasteiger partial charge in [0.2, 0.25) is 0 Å². The average molecular weight is 420 g/mol. The van der Waals surface area contributed by atoms with Crippen LogP contribution >= 0.6 is 32.1 Å². The highest BCUT2D eigenvalue weighted by Crippen LogP contribution is 2.40. The van der Waals surface area contributed by atoms with Crippen molar-refractivity contribution < 1.29 is 14.1 Å². The molecular weight excluding hydrogens is 396 g/mol. The molecule has 2 aliphatic carbocycles. The zero-order valence-electron chi connectivity index (χ0n) is 12.5. The maximum Gasteiger partial charge on any atom is 0.106 e. The molecular formula is C14H24B2IO3P. The van der Waals surface area contributed by atoms with Gasteiger partial charge in [-0.05, 0) is 31.6 Å². The lowest BCUT2D eigenvalue weighted by Gasteiger charge is -2.12. The molecule has 0 aliphatic heterocycles. The summed E-state index contributed by atoms with van der Waals surface area (Å²) in [5.74, 6) is 1.66. The van der Waals surface area contributed by atoms with Crippen LogP contribution in [0.25, 0.3) is 0 Å². The molecule has 0 aromatic carbocycles. The maximum absolute atomic E-state index is 8.00. The van der Waals surface area contributed by atoms with Gasteiger partial charge in [-0.1, -0.05) is 52.8 Å². The molecule has 0 amide bonds. The molecule has 2 rings (SSSR count). The molecule has 0 bridgehead atoms. The predicted octanol–water partition coefficient (Wildman–Crippen LogP) is 3.28. The van der Waals surface area contributed by atoms with Crippen molar-refractivity contribution in [3.8, 4) is 0 Å². The quantitative estimate of drug-likeness (QED) is 0.232. The summed E-state index contributed by atoms with van der Waals surface area (Å²) < 4.78 is 5.73. The van der Waals surface area contributed by atoms with Crippen molar-refractivity contribution in [2.75, 3.05) is 6.61 Å². The number of hydrogen-bond acceptors (Lipinski definition) is 3. The lowest BCUT2D eigenvalue weighted by Crippen LogP contribution is -2.07. The highest BCUT2D eigenvalue weighted by molar-refractivity contribution is 14.1. The minimum atomic E-state index is 0.435. The van der Waals surface area contributed by atoms with Gasteiger partial charge in [0.1, 0.15) is 13.6 Å². The van der Waals surface area contributed by atoms with Crippen molar-refractivity contribution >= 4 is 61.3 Å². The van der Waals surface area contributed by atoms with Gasteiger partial charge in [-0.3, -0.25) is 0 Å². The Bertz CT molecular complexity index is 263. The van der Waals surface area contributed by atoms with E-state index in [1.54, 1.807) is 0 Å². The van der Waals surface area contributed by atoms with E-state index in [1.165, 1.54) is 12.8 Å². The smallest absolute Gasteiger partial charge is 0.106 e. The molecule has 7 heteroatoms. The Morgan fingerprint density at radius 2 is 1.62 bits per heavy atom. The third-order valence-corrected chi connectivity index (χ3v) is 5.06. The highest BCUT2D eigenvalue weighted by atomic mass is 127. The van der Waals surface area contributed by atoms with Gasteiger partial charge in [0.15, 0.2) is 0 Å². The van der Waals surface area contributed by atoms with Gasteiger partial charge in [-0.25, -0.2) is 0 Å². The van der Waals surface area contributed by atoms with E-state index in [2.05, 4.69) is 44.2 Å². The van der Waals surface area contributed by atoms with Crippen LogP contribution in [0.4, 0.5) is 0 Å². The molecule has 4 atom stereocenters. The van der Waals surface area contributed by atoms with Crippen LogP contribution in [0.5, 0.6) is 0 Å². The van der Waals surface area contributed by atoms with Crippen LogP contribution in [-0.2, 0) is 14.1 Å². The summed E-state index contributed by atoms with van der Waals surface area (Å²) in [5, 5.41) is 0. The second kappa shape index (κ2) is 16.7. The monoisotopic (exact) mass is 420 g/mol. The predicted molar refractivity (Wildman–Crippen MR) is 102 cm³/mol. The molecule has 21 heavy (non-hydrogen) atoms. The van der Waals surface area contributed by atoms with E-state index in [0.29, 0.717) is 11.6 Å². The fourth-order valence-corrected chi connectivity index (χ4v) is 3.71. The Hall–Kier alpha value is 0.330. The lowest BCUT2D eigenvalue weighted by atomic mass is 9.85. The van der Waals surface area contributed by atoms with Crippen molar-refractivity contribution in [1.29, 1.82) is 0 Å². The number of allylic oxidation sites excluding steroid dienone is 2. The standard InChI is InChI=1S/C7H13BIOP.C5H7B.2CH2O/c8-6-3-5(1-2-10-11)7(9)4-6;6-5-3-1-2-4-5;2*1-2/h5-7H,1-4,11H2;1-2,5H,3-4H2;2*1H2. The molecule has 0 aromatic rings. The first kappa shape index (κ1) is 23.6. The number of alkyl halides is 1. The van der Waals surface area contributed by atoms with Crippen LogP contribution in [0.3, 0.4) is 0 Å². The first-order valence-corrected chi connectivity index (χ1v) is 8.54. The normalized spacial score (nSPS) is 26.7. The van der Waals surface area contributed by atoms with Crippen LogP contribution in [0.15, 0.2) is 12.2 Å². The topological polar surface area (TPSA) is 43.4 Å². The molecule has 0 saturated heterocycles. The molecule has 0 aromatic heterocycles. The summed E-state index contributed by atoms with van der Waals surface area (Å²) in [6, 6.07) is 0. The molecule has 0 N–H and O–H groups in total. The summed E-state index contributed by atoms with van der Waals surface area (Å²) in [4.78, 5) is 16.0. The molecule has 4 unspecified atom stereocenters. The van der Waals surface area contributed by atoms with E-state index in [0.717, 1.165) is 35.7 Å². The van der Waals surface area contributed by atoms with E-state index in [1.807, 2.05) is 13.6 Å². The van der Waals surface area contributed by atoms with Crippen LogP contribution in [0, 0.1) is 5.92 Å². The Balaban J connectivity index is 0. The molecule has 0 spiro atoms. The summed E-state index contributed by atoms with van der Waals surface area (Å²) >= 11 is 2.51. The lowest BCUT2D eigenvalue weighted by molar-refractivity contribution is -0.0987. The first-order chi connectivity index (χ1) is 10.1. The van der Waals surface area contributed by atoms with Crippen molar-refractivity contribution in [3.05, 3.63) is 12.2 Å². The number of halogens is 1. The van der Waals surface area contributed by atoms with Crippen LogP contribution in [-0.4, -0.2) is 39.8 Å². The maximum atomic E-state index is 8.00. The number of carbonyl (C=O) groups is 2. The Morgan fingerprint density at radius 1 is 1.10 bits per heavy atom. The zero-order valence-corrected chi connectivity index (χ0v) is 15.8. The first-order valence-electron chi connectivity index (χ1n) is 6.83. The summed E-state index contributed by atoms with van der Waals surface area (Å²) in [5.41, 5.74) is 0. The molecule has 3 nitrogen and oxygen atoms in total.